The van der Waals surface area contributed by atoms with Gasteiger partial charge in [0.05, 0.1) is 0 Å². The van der Waals surface area contributed by atoms with Crippen molar-refractivity contribution in [1.29, 1.82) is 0 Å². The van der Waals surface area contributed by atoms with E-state index in [4.69, 9.17) is 10.5 Å². The van der Waals surface area contributed by atoms with Gasteiger partial charge in [0.2, 0.25) is 0 Å². The first-order valence-corrected chi connectivity index (χ1v) is 6.87. The Morgan fingerprint density at radius 3 is 2.43 bits per heavy atom. The summed E-state index contributed by atoms with van der Waals surface area (Å²) in [5, 5.41) is 9.26. The second-order valence-electron chi connectivity index (χ2n) is 6.21. The minimum atomic E-state index is -1.37. The van der Waals surface area contributed by atoms with E-state index in [-0.39, 0.29) is 0 Å². The first-order chi connectivity index (χ1) is 9.60. The first-order valence-electron chi connectivity index (χ1n) is 6.87. The molecule has 0 saturated carbocycles. The lowest BCUT2D eigenvalue weighted by Crippen LogP contribution is -2.45. The predicted molar refractivity (Wildman–Crippen MR) is 79.8 cm³/mol. The summed E-state index contributed by atoms with van der Waals surface area (Å²) >= 11 is 0. The van der Waals surface area contributed by atoms with E-state index in [1.54, 1.807) is 20.8 Å². The van der Waals surface area contributed by atoms with Crippen LogP contribution in [-0.4, -0.2) is 28.7 Å². The first kappa shape index (κ1) is 17.2. The Labute approximate surface area is 125 Å². The molecule has 21 heavy (non-hydrogen) atoms. The zero-order valence-electron chi connectivity index (χ0n) is 12.9. The van der Waals surface area contributed by atoms with Crippen LogP contribution in [0, 0.1) is 12.8 Å². The number of carbonyl (C=O) groups excluding carboxylic acids is 1. The topological polar surface area (TPSA) is 89.6 Å². The molecule has 0 aliphatic heterocycles. The normalized spacial score (nSPS) is 14.3. The Morgan fingerprint density at radius 1 is 1.33 bits per heavy atom. The van der Waals surface area contributed by atoms with Gasteiger partial charge in [-0.05, 0) is 39.7 Å². The van der Waals surface area contributed by atoms with Crippen LogP contribution in [0.3, 0.4) is 0 Å². The molecule has 0 aliphatic rings. The van der Waals surface area contributed by atoms with E-state index in [2.05, 4.69) is 0 Å². The summed E-state index contributed by atoms with van der Waals surface area (Å²) < 4.78 is 5.14. The van der Waals surface area contributed by atoms with Gasteiger partial charge in [0.15, 0.2) is 5.92 Å². The molecule has 116 valence electrons. The third-order valence-electron chi connectivity index (χ3n) is 2.91. The number of aliphatic carboxylic acids is 1. The summed E-state index contributed by atoms with van der Waals surface area (Å²) in [7, 11) is 0. The van der Waals surface area contributed by atoms with E-state index < -0.39 is 29.5 Å². The Hall–Kier alpha value is -1.88. The van der Waals surface area contributed by atoms with Gasteiger partial charge < -0.3 is 15.6 Å². The third kappa shape index (κ3) is 5.55. The molecule has 1 rings (SSSR count). The van der Waals surface area contributed by atoms with Crippen molar-refractivity contribution in [3.63, 3.8) is 0 Å². The molecule has 0 heterocycles. The molecule has 0 fully saturated rings. The highest BCUT2D eigenvalue weighted by molar-refractivity contribution is 5.95. The molecule has 1 unspecified atom stereocenters. The van der Waals surface area contributed by atoms with Gasteiger partial charge >= 0.3 is 11.9 Å². The highest BCUT2D eigenvalue weighted by Crippen LogP contribution is 2.17. The molecule has 5 nitrogen and oxygen atoms in total. The van der Waals surface area contributed by atoms with E-state index >= 15 is 0 Å². The molecule has 0 amide bonds. The number of rotatable bonds is 5. The van der Waals surface area contributed by atoms with Crippen molar-refractivity contribution in [2.24, 2.45) is 11.7 Å². The molecule has 0 aliphatic carbocycles. The second kappa shape index (κ2) is 6.72. The summed E-state index contributed by atoms with van der Waals surface area (Å²) in [6.07, 6.45) is 0.303. The lowest BCUT2D eigenvalue weighted by molar-refractivity contribution is -0.167. The van der Waals surface area contributed by atoms with Gasteiger partial charge in [0.25, 0.3) is 0 Å². The maximum Gasteiger partial charge on any atom is 0.322 e. The van der Waals surface area contributed by atoms with Crippen molar-refractivity contribution < 1.29 is 19.4 Å². The van der Waals surface area contributed by atoms with Crippen molar-refractivity contribution in [2.45, 2.75) is 45.8 Å². The Bertz CT molecular complexity index is 519. The van der Waals surface area contributed by atoms with Gasteiger partial charge in [-0.15, -0.1) is 0 Å². The molecule has 2 atom stereocenters. The van der Waals surface area contributed by atoms with Crippen molar-refractivity contribution in [3.8, 4) is 0 Å². The largest absolute Gasteiger partial charge is 0.481 e. The highest BCUT2D eigenvalue weighted by atomic mass is 16.6. The van der Waals surface area contributed by atoms with Gasteiger partial charge in [-0.1, -0.05) is 29.8 Å². The standard InChI is InChI=1S/C16H23NO4/c1-10-6-5-7-11(8-10)9-12(17)13(14(18)19)15(20)21-16(2,3)4/h5-8,12-13H,9,17H2,1-4H3,(H,18,19)/t12?,13-/m0/s1. The van der Waals surface area contributed by atoms with Crippen LogP contribution in [0.25, 0.3) is 0 Å². The van der Waals surface area contributed by atoms with Crippen LogP contribution in [-0.2, 0) is 20.7 Å². The average molecular weight is 293 g/mol. The fourth-order valence-electron chi connectivity index (χ4n) is 2.05. The molecule has 0 saturated heterocycles. The minimum absolute atomic E-state index is 0.303. The van der Waals surface area contributed by atoms with Crippen LogP contribution in [0.2, 0.25) is 0 Å². The number of carbonyl (C=O) groups is 2. The molecule has 1 aromatic carbocycles. The number of benzene rings is 1. The number of carboxylic acids is 1. The molecular formula is C16H23NO4. The lowest BCUT2D eigenvalue weighted by atomic mass is 9.93. The number of esters is 1. The van der Waals surface area contributed by atoms with Gasteiger partial charge in [-0.2, -0.15) is 0 Å². The van der Waals surface area contributed by atoms with Gasteiger partial charge in [0.1, 0.15) is 5.60 Å². The van der Waals surface area contributed by atoms with Crippen molar-refractivity contribution in [1.82, 2.24) is 0 Å². The highest BCUT2D eigenvalue weighted by Gasteiger charge is 2.36. The zero-order chi connectivity index (χ0) is 16.2. The van der Waals surface area contributed by atoms with E-state index in [0.717, 1.165) is 11.1 Å². The number of hydrogen-bond acceptors (Lipinski definition) is 4. The van der Waals surface area contributed by atoms with Crippen LogP contribution in [0.5, 0.6) is 0 Å². The molecule has 5 heteroatoms. The van der Waals surface area contributed by atoms with Crippen LogP contribution in [0.15, 0.2) is 24.3 Å². The number of nitrogens with two attached hydrogens (primary N) is 1. The predicted octanol–water partition coefficient (Wildman–Crippen LogP) is 1.91. The summed E-state index contributed by atoms with van der Waals surface area (Å²) in [4.78, 5) is 23.4. The van der Waals surface area contributed by atoms with Crippen LogP contribution in [0.1, 0.15) is 31.9 Å². The van der Waals surface area contributed by atoms with E-state index in [1.807, 2.05) is 31.2 Å². The Kier molecular flexibility index (Phi) is 5.49. The lowest BCUT2D eigenvalue weighted by Gasteiger charge is -2.25. The molecular weight excluding hydrogens is 270 g/mol. The van der Waals surface area contributed by atoms with E-state index in [0.29, 0.717) is 6.42 Å². The molecule has 0 spiro atoms. The monoisotopic (exact) mass is 293 g/mol. The average Bonchev–Trinajstić information content (AvgIpc) is 2.25. The smallest absolute Gasteiger partial charge is 0.322 e. The maximum atomic E-state index is 12.0. The summed E-state index contributed by atoms with van der Waals surface area (Å²) in [5.41, 5.74) is 7.16. The summed E-state index contributed by atoms with van der Waals surface area (Å²) in [6, 6.07) is 6.77. The fourth-order valence-corrected chi connectivity index (χ4v) is 2.05. The SMILES string of the molecule is Cc1cccc(CC(N)[C@@H](C(=O)O)C(=O)OC(C)(C)C)c1. The van der Waals surface area contributed by atoms with Crippen LogP contribution < -0.4 is 5.73 Å². The number of aryl methyl sites for hydroxylation is 1. The van der Waals surface area contributed by atoms with Crippen molar-refractivity contribution in [2.75, 3.05) is 0 Å². The molecule has 0 radical (unpaired) electrons. The summed E-state index contributed by atoms with van der Waals surface area (Å²) in [6.45, 7) is 7.01. The van der Waals surface area contributed by atoms with E-state index in [1.165, 1.54) is 0 Å². The van der Waals surface area contributed by atoms with Crippen molar-refractivity contribution in [3.05, 3.63) is 35.4 Å². The van der Waals surface area contributed by atoms with Crippen LogP contribution >= 0.6 is 0 Å². The fraction of sp³-hybridized carbons (Fsp3) is 0.500. The minimum Gasteiger partial charge on any atom is -0.481 e. The van der Waals surface area contributed by atoms with Gasteiger partial charge in [-0.25, -0.2) is 0 Å². The number of carboxylic acid groups (broad SMARTS) is 1. The third-order valence-corrected chi connectivity index (χ3v) is 2.91. The van der Waals surface area contributed by atoms with Gasteiger partial charge in [0, 0.05) is 6.04 Å². The maximum absolute atomic E-state index is 12.0. The number of hydrogen-bond donors (Lipinski definition) is 2. The second-order valence-corrected chi connectivity index (χ2v) is 6.21. The zero-order valence-corrected chi connectivity index (χ0v) is 12.9. The van der Waals surface area contributed by atoms with Crippen LogP contribution in [0.4, 0.5) is 0 Å². The Balaban J connectivity index is 2.85. The van der Waals surface area contributed by atoms with Crippen molar-refractivity contribution >= 4 is 11.9 Å². The molecule has 1 aromatic rings. The Morgan fingerprint density at radius 2 is 1.95 bits per heavy atom. The molecule has 0 bridgehead atoms. The summed E-state index contributed by atoms with van der Waals surface area (Å²) in [5.74, 6) is -3.43. The number of ether oxygens (including phenoxy) is 1. The van der Waals surface area contributed by atoms with Gasteiger partial charge in [-0.3, -0.25) is 9.59 Å². The molecule has 3 N–H and O–H groups in total. The van der Waals surface area contributed by atoms with E-state index in [9.17, 15) is 14.7 Å². The molecule has 0 aromatic heterocycles. The quantitative estimate of drug-likeness (QED) is 0.639.